The number of pyridine rings is 1. The van der Waals surface area contributed by atoms with E-state index in [9.17, 15) is 4.79 Å². The number of rotatable bonds is 4. The fourth-order valence-corrected chi connectivity index (χ4v) is 6.16. The molecule has 188 valence electrons. The molecular weight excluding hydrogens is 480 g/mol. The Labute approximate surface area is 222 Å². The number of hydrogen-bond acceptors (Lipinski definition) is 3. The summed E-state index contributed by atoms with van der Waals surface area (Å²) >= 11 is 6.75. The van der Waals surface area contributed by atoms with Crippen LogP contribution in [0.1, 0.15) is 36.3 Å². The van der Waals surface area contributed by atoms with Crippen LogP contribution in [-0.2, 0) is 11.2 Å². The topological polar surface area (TPSA) is 52.2 Å². The van der Waals surface area contributed by atoms with Gasteiger partial charge in [-0.15, -0.1) is 0 Å². The quantitative estimate of drug-likeness (QED) is 0.306. The lowest BCUT2D eigenvalue weighted by Crippen LogP contribution is -2.34. The molecule has 5 nitrogen and oxygen atoms in total. The van der Waals surface area contributed by atoms with Crippen LogP contribution in [0.2, 0.25) is 5.02 Å². The Balaban J connectivity index is 1.46. The van der Waals surface area contributed by atoms with Crippen molar-refractivity contribution in [3.63, 3.8) is 0 Å². The number of halogens is 1. The summed E-state index contributed by atoms with van der Waals surface area (Å²) < 4.78 is 0. The summed E-state index contributed by atoms with van der Waals surface area (Å²) in [6, 6.07) is 17.2. The molecule has 4 aromatic rings. The molecule has 0 radical (unpaired) electrons. The van der Waals surface area contributed by atoms with Crippen LogP contribution in [0.25, 0.3) is 33.4 Å². The SMILES string of the molecule is C=CC(=O)N1CCCc2ccc(-c3c(-c4ccc(C5CCN(C)CC5)cc4)[nH]c4nccc(Cl)c34)cc21. The molecule has 1 N–H and O–H groups in total. The number of likely N-dealkylation sites (tertiary alicyclic amines) is 1. The van der Waals surface area contributed by atoms with Gasteiger partial charge >= 0.3 is 0 Å². The van der Waals surface area contributed by atoms with Crippen molar-refractivity contribution >= 4 is 34.2 Å². The largest absolute Gasteiger partial charge is 0.339 e. The molecule has 37 heavy (non-hydrogen) atoms. The van der Waals surface area contributed by atoms with Gasteiger partial charge in [0.05, 0.1) is 10.7 Å². The maximum Gasteiger partial charge on any atom is 0.250 e. The highest BCUT2D eigenvalue weighted by molar-refractivity contribution is 6.36. The second-order valence-electron chi connectivity index (χ2n) is 10.2. The molecule has 1 fully saturated rings. The molecule has 2 aromatic carbocycles. The molecule has 0 saturated carbocycles. The molecule has 0 unspecified atom stereocenters. The fraction of sp³-hybridized carbons (Fsp3) is 0.290. The Morgan fingerprint density at radius 2 is 1.84 bits per heavy atom. The Hall–Kier alpha value is -3.41. The molecule has 4 heterocycles. The van der Waals surface area contributed by atoms with Gasteiger partial charge < -0.3 is 14.8 Å². The molecule has 0 atom stereocenters. The van der Waals surface area contributed by atoms with Gasteiger partial charge in [0, 0.05) is 29.4 Å². The summed E-state index contributed by atoms with van der Waals surface area (Å²) in [5, 5.41) is 1.55. The van der Waals surface area contributed by atoms with Crippen LogP contribution in [0.15, 0.2) is 67.4 Å². The van der Waals surface area contributed by atoms with E-state index < -0.39 is 0 Å². The van der Waals surface area contributed by atoms with Crippen molar-refractivity contribution in [2.75, 3.05) is 31.6 Å². The number of aromatic amines is 1. The molecular formula is C31H31ClN4O. The number of anilines is 1. The average Bonchev–Trinajstić information content (AvgIpc) is 3.33. The third-order valence-electron chi connectivity index (χ3n) is 7.97. The second-order valence-corrected chi connectivity index (χ2v) is 10.6. The molecule has 0 aliphatic carbocycles. The maximum atomic E-state index is 12.6. The van der Waals surface area contributed by atoms with Crippen molar-refractivity contribution in [3.05, 3.63) is 83.5 Å². The zero-order chi connectivity index (χ0) is 25.5. The number of hydrogen-bond donors (Lipinski definition) is 1. The normalized spacial score (nSPS) is 16.6. The molecule has 2 aliphatic heterocycles. The number of carbonyl (C=O) groups is 1. The predicted octanol–water partition coefficient (Wildman–Crippen LogP) is 6.82. The van der Waals surface area contributed by atoms with Crippen molar-refractivity contribution in [2.45, 2.75) is 31.6 Å². The van der Waals surface area contributed by atoms with Crippen molar-refractivity contribution in [3.8, 4) is 22.4 Å². The summed E-state index contributed by atoms with van der Waals surface area (Å²) in [5.41, 5.74) is 8.40. The van der Waals surface area contributed by atoms with E-state index in [0.717, 1.165) is 65.0 Å². The number of nitrogens with zero attached hydrogens (tertiary/aromatic N) is 3. The first-order chi connectivity index (χ1) is 18.0. The Kier molecular flexibility index (Phi) is 6.35. The van der Waals surface area contributed by atoms with E-state index in [1.165, 1.54) is 30.0 Å². The predicted molar refractivity (Wildman–Crippen MR) is 152 cm³/mol. The third-order valence-corrected chi connectivity index (χ3v) is 8.28. The van der Waals surface area contributed by atoms with E-state index in [2.05, 4.69) is 71.0 Å². The first-order valence-corrected chi connectivity index (χ1v) is 13.4. The van der Waals surface area contributed by atoms with Gasteiger partial charge in [0.1, 0.15) is 5.65 Å². The molecule has 0 bridgehead atoms. The first-order valence-electron chi connectivity index (χ1n) is 13.1. The van der Waals surface area contributed by atoms with Gasteiger partial charge in [-0.05, 0) is 92.2 Å². The monoisotopic (exact) mass is 510 g/mol. The number of piperidine rings is 1. The second kappa shape index (κ2) is 9.81. The summed E-state index contributed by atoms with van der Waals surface area (Å²) in [6.45, 7) is 6.70. The van der Waals surface area contributed by atoms with Gasteiger partial charge in [0.15, 0.2) is 0 Å². The lowest BCUT2D eigenvalue weighted by Gasteiger charge is -2.29. The van der Waals surface area contributed by atoms with Gasteiger partial charge in [-0.2, -0.15) is 0 Å². The number of aryl methyl sites for hydroxylation is 1. The minimum absolute atomic E-state index is 0.0681. The van der Waals surface area contributed by atoms with Crippen LogP contribution in [0.5, 0.6) is 0 Å². The van der Waals surface area contributed by atoms with Crippen molar-refractivity contribution in [1.82, 2.24) is 14.9 Å². The van der Waals surface area contributed by atoms with Gasteiger partial charge in [-0.1, -0.05) is 54.6 Å². The van der Waals surface area contributed by atoms with Gasteiger partial charge in [0.2, 0.25) is 5.91 Å². The van der Waals surface area contributed by atoms with E-state index >= 15 is 0 Å². The number of H-pyrrole nitrogens is 1. The van der Waals surface area contributed by atoms with Crippen LogP contribution in [0.3, 0.4) is 0 Å². The van der Waals surface area contributed by atoms with Crippen LogP contribution in [0, 0.1) is 0 Å². The lowest BCUT2D eigenvalue weighted by molar-refractivity contribution is -0.114. The smallest absolute Gasteiger partial charge is 0.250 e. The number of fused-ring (bicyclic) bond motifs is 2. The number of aromatic nitrogens is 2. The van der Waals surface area contributed by atoms with Crippen LogP contribution < -0.4 is 4.90 Å². The Bertz CT molecular complexity index is 1480. The molecule has 1 saturated heterocycles. The first kappa shape index (κ1) is 24.0. The average molecular weight is 511 g/mol. The highest BCUT2D eigenvalue weighted by atomic mass is 35.5. The number of nitrogens with one attached hydrogen (secondary N) is 1. The molecule has 1 amide bonds. The Morgan fingerprint density at radius 1 is 1.08 bits per heavy atom. The Morgan fingerprint density at radius 3 is 2.59 bits per heavy atom. The van der Waals surface area contributed by atoms with Crippen LogP contribution in [0.4, 0.5) is 5.69 Å². The number of carbonyl (C=O) groups excluding carboxylic acids is 1. The zero-order valence-corrected chi connectivity index (χ0v) is 21.9. The fourth-order valence-electron chi connectivity index (χ4n) is 5.91. The number of amides is 1. The van der Waals surface area contributed by atoms with Gasteiger partial charge in [0.25, 0.3) is 0 Å². The maximum absolute atomic E-state index is 12.6. The summed E-state index contributed by atoms with van der Waals surface area (Å²) in [6.07, 6.45) is 7.42. The zero-order valence-electron chi connectivity index (χ0n) is 21.1. The molecule has 6 rings (SSSR count). The molecule has 6 heteroatoms. The van der Waals surface area contributed by atoms with Crippen molar-refractivity contribution in [1.29, 1.82) is 0 Å². The third kappa shape index (κ3) is 4.36. The van der Waals surface area contributed by atoms with E-state index in [1.807, 2.05) is 11.0 Å². The summed E-state index contributed by atoms with van der Waals surface area (Å²) in [5.74, 6) is 0.541. The summed E-state index contributed by atoms with van der Waals surface area (Å²) in [7, 11) is 2.20. The van der Waals surface area contributed by atoms with E-state index in [0.29, 0.717) is 17.5 Å². The van der Waals surface area contributed by atoms with Crippen LogP contribution >= 0.6 is 11.6 Å². The minimum Gasteiger partial charge on any atom is -0.339 e. The van der Waals surface area contributed by atoms with E-state index in [4.69, 9.17) is 11.6 Å². The summed E-state index contributed by atoms with van der Waals surface area (Å²) in [4.78, 5) is 25.0. The van der Waals surface area contributed by atoms with E-state index in [-0.39, 0.29) is 5.91 Å². The molecule has 0 spiro atoms. The number of benzene rings is 2. The van der Waals surface area contributed by atoms with E-state index in [1.54, 1.807) is 6.20 Å². The lowest BCUT2D eigenvalue weighted by atomic mass is 9.88. The minimum atomic E-state index is -0.0681. The highest BCUT2D eigenvalue weighted by Crippen LogP contribution is 2.43. The van der Waals surface area contributed by atoms with Gasteiger partial charge in [-0.25, -0.2) is 4.98 Å². The van der Waals surface area contributed by atoms with Gasteiger partial charge in [-0.3, -0.25) is 4.79 Å². The molecule has 2 aliphatic rings. The molecule has 2 aromatic heterocycles. The van der Waals surface area contributed by atoms with Crippen molar-refractivity contribution < 1.29 is 4.79 Å². The van der Waals surface area contributed by atoms with Crippen LogP contribution in [-0.4, -0.2) is 47.5 Å². The van der Waals surface area contributed by atoms with Crippen molar-refractivity contribution in [2.24, 2.45) is 0 Å². The standard InChI is InChI=1S/C31H31ClN4O/c1-3-27(37)36-16-4-5-22-8-11-24(19-26(22)36)28-29-25(32)12-15-33-31(29)34-30(28)23-9-6-20(7-10-23)21-13-17-35(2)18-14-21/h3,6-12,15,19,21H,1,4-5,13-14,16-18H2,2H3,(H,33,34). The highest BCUT2D eigenvalue weighted by Gasteiger charge is 2.25.